The predicted molar refractivity (Wildman–Crippen MR) is 63.5 cm³/mol. The van der Waals surface area contributed by atoms with Gasteiger partial charge in [0, 0.05) is 11.6 Å². The van der Waals surface area contributed by atoms with Crippen LogP contribution in [0, 0.1) is 0 Å². The van der Waals surface area contributed by atoms with Gasteiger partial charge >= 0.3 is 5.97 Å². The number of aromatic hydroxyl groups is 1. The molecule has 0 saturated heterocycles. The van der Waals surface area contributed by atoms with Gasteiger partial charge in [0.1, 0.15) is 5.75 Å². The Morgan fingerprint density at radius 1 is 1.31 bits per heavy atom. The van der Waals surface area contributed by atoms with E-state index in [1.54, 1.807) is 6.07 Å². The third-order valence-electron chi connectivity index (χ3n) is 2.28. The van der Waals surface area contributed by atoms with Crippen LogP contribution in [0.4, 0.5) is 0 Å². The second-order valence-corrected chi connectivity index (χ2v) is 4.66. The summed E-state index contributed by atoms with van der Waals surface area (Å²) in [7, 11) is 0. The Hall–Kier alpha value is -1.77. The van der Waals surface area contributed by atoms with E-state index >= 15 is 0 Å². The summed E-state index contributed by atoms with van der Waals surface area (Å²) in [5.41, 5.74) is 1.16. The number of phenolic OH excluding ortho intramolecular Hbond substituents is 1. The molecule has 0 amide bonds. The van der Waals surface area contributed by atoms with Gasteiger partial charge in [-0.1, -0.05) is 39.0 Å². The molecule has 0 unspecified atom stereocenters. The summed E-state index contributed by atoms with van der Waals surface area (Å²) in [5.74, 6) is -0.881. The molecule has 16 heavy (non-hydrogen) atoms. The highest BCUT2D eigenvalue weighted by atomic mass is 16.4. The van der Waals surface area contributed by atoms with E-state index in [1.807, 2.05) is 32.9 Å². The normalized spacial score (nSPS) is 11.9. The number of carboxylic acid groups (broad SMARTS) is 1. The number of hydrogen-bond donors (Lipinski definition) is 2. The Bertz CT molecular complexity index is 425. The van der Waals surface area contributed by atoms with Gasteiger partial charge in [-0.25, -0.2) is 4.79 Å². The van der Waals surface area contributed by atoms with E-state index in [2.05, 4.69) is 0 Å². The number of aliphatic carboxylic acids is 1. The number of phenols is 1. The van der Waals surface area contributed by atoms with Crippen LogP contribution in [-0.2, 0) is 10.2 Å². The molecule has 1 rings (SSSR count). The van der Waals surface area contributed by atoms with Gasteiger partial charge in [-0.3, -0.25) is 0 Å². The number of para-hydroxylation sites is 1. The van der Waals surface area contributed by atoms with Gasteiger partial charge in [0.2, 0.25) is 0 Å². The molecule has 1 aromatic rings. The quantitative estimate of drug-likeness (QED) is 0.753. The fourth-order valence-corrected chi connectivity index (χ4v) is 1.46. The van der Waals surface area contributed by atoms with Gasteiger partial charge in [0.05, 0.1) is 0 Å². The topological polar surface area (TPSA) is 57.5 Å². The zero-order chi connectivity index (χ0) is 12.3. The molecular weight excluding hydrogens is 204 g/mol. The average molecular weight is 220 g/mol. The third kappa shape index (κ3) is 2.86. The smallest absolute Gasteiger partial charge is 0.328 e. The first-order valence-electron chi connectivity index (χ1n) is 5.06. The van der Waals surface area contributed by atoms with Crippen LogP contribution in [0.2, 0.25) is 0 Å². The molecule has 0 aromatic heterocycles. The molecule has 0 radical (unpaired) electrons. The average Bonchev–Trinajstić information content (AvgIpc) is 2.14. The SMILES string of the molecule is CC(C)(C)c1cccc(C=CC(=O)O)c1O. The van der Waals surface area contributed by atoms with E-state index in [0.29, 0.717) is 5.56 Å². The molecule has 3 nitrogen and oxygen atoms in total. The maximum absolute atomic E-state index is 10.4. The Morgan fingerprint density at radius 3 is 2.44 bits per heavy atom. The van der Waals surface area contributed by atoms with Gasteiger partial charge in [-0.2, -0.15) is 0 Å². The van der Waals surface area contributed by atoms with Crippen LogP contribution < -0.4 is 0 Å². The van der Waals surface area contributed by atoms with Gasteiger partial charge in [0.15, 0.2) is 0 Å². The maximum Gasteiger partial charge on any atom is 0.328 e. The summed E-state index contributed by atoms with van der Waals surface area (Å²) in [5, 5.41) is 18.5. The predicted octanol–water partition coefficient (Wildman–Crippen LogP) is 2.79. The van der Waals surface area contributed by atoms with Crippen LogP contribution >= 0.6 is 0 Å². The van der Waals surface area contributed by atoms with Crippen LogP contribution in [0.1, 0.15) is 31.9 Å². The highest BCUT2D eigenvalue weighted by Gasteiger charge is 2.18. The number of carboxylic acids is 1. The van der Waals surface area contributed by atoms with E-state index < -0.39 is 5.97 Å². The maximum atomic E-state index is 10.4. The highest BCUT2D eigenvalue weighted by molar-refractivity contribution is 5.86. The van der Waals surface area contributed by atoms with Crippen LogP contribution in [0.3, 0.4) is 0 Å². The fourth-order valence-electron chi connectivity index (χ4n) is 1.46. The van der Waals surface area contributed by atoms with Gasteiger partial charge in [-0.15, -0.1) is 0 Å². The summed E-state index contributed by atoms with van der Waals surface area (Å²) in [6, 6.07) is 5.33. The van der Waals surface area contributed by atoms with Crippen molar-refractivity contribution >= 4 is 12.0 Å². The van der Waals surface area contributed by atoms with Crippen molar-refractivity contribution in [3.63, 3.8) is 0 Å². The molecule has 0 aliphatic rings. The van der Waals surface area contributed by atoms with E-state index in [4.69, 9.17) is 5.11 Å². The zero-order valence-corrected chi connectivity index (χ0v) is 9.69. The van der Waals surface area contributed by atoms with Crippen LogP contribution in [-0.4, -0.2) is 16.2 Å². The molecule has 0 bridgehead atoms. The molecule has 0 atom stereocenters. The van der Waals surface area contributed by atoms with Crippen molar-refractivity contribution in [2.75, 3.05) is 0 Å². The molecule has 0 aliphatic heterocycles. The van der Waals surface area contributed by atoms with Gasteiger partial charge in [0.25, 0.3) is 0 Å². The van der Waals surface area contributed by atoms with Gasteiger partial charge < -0.3 is 10.2 Å². The molecular formula is C13H16O3. The summed E-state index contributed by atoms with van der Waals surface area (Å²) < 4.78 is 0. The summed E-state index contributed by atoms with van der Waals surface area (Å²) >= 11 is 0. The summed E-state index contributed by atoms with van der Waals surface area (Å²) in [4.78, 5) is 10.4. The Balaban J connectivity index is 3.19. The lowest BCUT2D eigenvalue weighted by atomic mass is 9.85. The number of carbonyl (C=O) groups is 1. The van der Waals surface area contributed by atoms with E-state index in [-0.39, 0.29) is 11.2 Å². The minimum Gasteiger partial charge on any atom is -0.507 e. The Morgan fingerprint density at radius 2 is 1.94 bits per heavy atom. The van der Waals surface area contributed by atoms with Gasteiger partial charge in [-0.05, 0) is 17.1 Å². The lowest BCUT2D eigenvalue weighted by Gasteiger charge is -2.21. The van der Waals surface area contributed by atoms with Crippen molar-refractivity contribution < 1.29 is 15.0 Å². The largest absolute Gasteiger partial charge is 0.507 e. The number of hydrogen-bond acceptors (Lipinski definition) is 2. The van der Waals surface area contributed by atoms with Crippen molar-refractivity contribution in [1.82, 2.24) is 0 Å². The molecule has 2 N–H and O–H groups in total. The second kappa shape index (κ2) is 4.39. The van der Waals surface area contributed by atoms with Crippen LogP contribution in [0.15, 0.2) is 24.3 Å². The lowest BCUT2D eigenvalue weighted by Crippen LogP contribution is -2.11. The summed E-state index contributed by atoms with van der Waals surface area (Å²) in [6.07, 6.45) is 2.41. The molecule has 0 aliphatic carbocycles. The zero-order valence-electron chi connectivity index (χ0n) is 9.69. The molecule has 3 heteroatoms. The second-order valence-electron chi connectivity index (χ2n) is 4.66. The Labute approximate surface area is 95.0 Å². The first kappa shape index (κ1) is 12.3. The van der Waals surface area contributed by atoms with Crippen molar-refractivity contribution in [3.8, 4) is 5.75 Å². The van der Waals surface area contributed by atoms with Crippen molar-refractivity contribution in [2.24, 2.45) is 0 Å². The van der Waals surface area contributed by atoms with Crippen molar-refractivity contribution in [2.45, 2.75) is 26.2 Å². The molecule has 1 aromatic carbocycles. The molecule has 0 heterocycles. The Kier molecular flexibility index (Phi) is 3.38. The fraction of sp³-hybridized carbons (Fsp3) is 0.308. The number of benzene rings is 1. The molecule has 0 fully saturated rings. The lowest BCUT2D eigenvalue weighted by molar-refractivity contribution is -0.131. The van der Waals surface area contributed by atoms with Crippen molar-refractivity contribution in [1.29, 1.82) is 0 Å². The number of rotatable bonds is 2. The first-order chi connectivity index (χ1) is 7.32. The van der Waals surface area contributed by atoms with Crippen LogP contribution in [0.5, 0.6) is 5.75 Å². The molecule has 0 saturated carbocycles. The molecule has 0 spiro atoms. The van der Waals surface area contributed by atoms with E-state index in [0.717, 1.165) is 11.6 Å². The van der Waals surface area contributed by atoms with E-state index in [9.17, 15) is 9.90 Å². The van der Waals surface area contributed by atoms with E-state index in [1.165, 1.54) is 6.08 Å². The summed E-state index contributed by atoms with van der Waals surface area (Å²) in [6.45, 7) is 5.98. The van der Waals surface area contributed by atoms with Crippen molar-refractivity contribution in [3.05, 3.63) is 35.4 Å². The third-order valence-corrected chi connectivity index (χ3v) is 2.28. The monoisotopic (exact) mass is 220 g/mol. The van der Waals surface area contributed by atoms with Crippen LogP contribution in [0.25, 0.3) is 6.08 Å². The molecule has 86 valence electrons. The first-order valence-corrected chi connectivity index (χ1v) is 5.06. The highest BCUT2D eigenvalue weighted by Crippen LogP contribution is 2.33. The minimum absolute atomic E-state index is 0.146. The minimum atomic E-state index is -1.03. The standard InChI is InChI=1S/C13H16O3/c1-13(2,3)10-6-4-5-9(12(10)16)7-8-11(14)15/h4-8,16H,1-3H3,(H,14,15).